The number of phenols is 1. The van der Waals surface area contributed by atoms with E-state index in [4.69, 9.17) is 9.15 Å². The number of benzene rings is 1. The van der Waals surface area contributed by atoms with E-state index in [1.54, 1.807) is 32.1 Å². The lowest BCUT2D eigenvalue weighted by atomic mass is 10.0. The lowest BCUT2D eigenvalue weighted by Gasteiger charge is -2.02. The van der Waals surface area contributed by atoms with Gasteiger partial charge in [-0.3, -0.25) is 0 Å². The van der Waals surface area contributed by atoms with Crippen molar-refractivity contribution in [3.63, 3.8) is 0 Å². The van der Waals surface area contributed by atoms with Gasteiger partial charge in [-0.05, 0) is 31.9 Å². The third-order valence-corrected chi connectivity index (χ3v) is 2.98. The van der Waals surface area contributed by atoms with Gasteiger partial charge in [0.1, 0.15) is 11.3 Å². The zero-order chi connectivity index (χ0) is 14.0. The smallest absolute Gasteiger partial charge is 0.374 e. The van der Waals surface area contributed by atoms with Crippen LogP contribution in [0.5, 0.6) is 5.75 Å². The Kier molecular flexibility index (Phi) is 3.60. The minimum Gasteiger partial charge on any atom is -0.507 e. The van der Waals surface area contributed by atoms with Crippen LogP contribution >= 0.6 is 0 Å². The maximum atomic E-state index is 11.7. The Morgan fingerprint density at radius 1 is 1.53 bits per heavy atom. The lowest BCUT2D eigenvalue weighted by Crippen LogP contribution is -2.04. The Morgan fingerprint density at radius 2 is 2.26 bits per heavy atom. The van der Waals surface area contributed by atoms with Crippen molar-refractivity contribution in [2.24, 2.45) is 0 Å². The lowest BCUT2D eigenvalue weighted by molar-refractivity contribution is 0.0491. The molecule has 19 heavy (non-hydrogen) atoms. The molecule has 0 atom stereocenters. The number of rotatable bonds is 4. The van der Waals surface area contributed by atoms with Crippen LogP contribution in [0.25, 0.3) is 11.0 Å². The number of carbonyl (C=O) groups is 1. The van der Waals surface area contributed by atoms with Crippen LogP contribution in [-0.4, -0.2) is 17.7 Å². The van der Waals surface area contributed by atoms with Crippen molar-refractivity contribution in [1.29, 1.82) is 0 Å². The van der Waals surface area contributed by atoms with Crippen LogP contribution in [0.2, 0.25) is 0 Å². The Hall–Kier alpha value is -2.23. The zero-order valence-corrected chi connectivity index (χ0v) is 11.0. The quantitative estimate of drug-likeness (QED) is 0.676. The summed E-state index contributed by atoms with van der Waals surface area (Å²) in [5, 5.41) is 10.8. The first-order chi connectivity index (χ1) is 9.10. The van der Waals surface area contributed by atoms with Gasteiger partial charge in [-0.2, -0.15) is 0 Å². The van der Waals surface area contributed by atoms with Crippen LogP contribution in [0.3, 0.4) is 0 Å². The summed E-state index contributed by atoms with van der Waals surface area (Å²) in [5.74, 6) is -0.238. The minimum absolute atomic E-state index is 0.134. The molecule has 0 fully saturated rings. The summed E-state index contributed by atoms with van der Waals surface area (Å²) in [6, 6.07) is 3.50. The van der Waals surface area contributed by atoms with E-state index in [0.717, 1.165) is 5.56 Å². The average molecular weight is 260 g/mol. The Morgan fingerprint density at radius 3 is 2.89 bits per heavy atom. The second kappa shape index (κ2) is 5.18. The van der Waals surface area contributed by atoms with Crippen molar-refractivity contribution in [3.05, 3.63) is 41.7 Å². The summed E-state index contributed by atoms with van der Waals surface area (Å²) in [4.78, 5) is 11.7. The molecule has 2 aromatic rings. The van der Waals surface area contributed by atoms with Gasteiger partial charge in [0.2, 0.25) is 5.76 Å². The Balaban J connectivity index is 2.60. The predicted molar refractivity (Wildman–Crippen MR) is 72.5 cm³/mol. The number of furan rings is 1. The van der Waals surface area contributed by atoms with Gasteiger partial charge in [0.05, 0.1) is 12.0 Å². The van der Waals surface area contributed by atoms with Crippen molar-refractivity contribution in [2.45, 2.75) is 20.3 Å². The summed E-state index contributed by atoms with van der Waals surface area (Å²) in [7, 11) is 0. The monoisotopic (exact) mass is 260 g/mol. The van der Waals surface area contributed by atoms with Gasteiger partial charge in [0.25, 0.3) is 0 Å². The largest absolute Gasteiger partial charge is 0.507 e. The highest BCUT2D eigenvalue weighted by Gasteiger charge is 2.21. The van der Waals surface area contributed by atoms with E-state index in [9.17, 15) is 9.90 Å². The van der Waals surface area contributed by atoms with Gasteiger partial charge in [-0.1, -0.05) is 12.1 Å². The molecule has 0 unspecified atom stereocenters. The number of hydrogen-bond donors (Lipinski definition) is 1. The summed E-state index contributed by atoms with van der Waals surface area (Å²) >= 11 is 0. The second-order valence-electron chi connectivity index (χ2n) is 4.22. The molecule has 0 spiro atoms. The van der Waals surface area contributed by atoms with Crippen LogP contribution in [0.15, 0.2) is 29.2 Å². The van der Waals surface area contributed by atoms with Gasteiger partial charge in [0.15, 0.2) is 0 Å². The normalized spacial score (nSPS) is 10.6. The first-order valence-electron chi connectivity index (χ1n) is 6.12. The van der Waals surface area contributed by atoms with Crippen LogP contribution in [0, 0.1) is 6.92 Å². The SMILES string of the molecule is C=CCc1ccc2oc(C(=O)OCC)c(C)c2c1O. The number of aryl methyl sites for hydroxylation is 1. The number of fused-ring (bicyclic) bond motifs is 1. The molecular weight excluding hydrogens is 244 g/mol. The number of hydrogen-bond acceptors (Lipinski definition) is 4. The van der Waals surface area contributed by atoms with Crippen LogP contribution in [-0.2, 0) is 11.2 Å². The van der Waals surface area contributed by atoms with E-state index in [2.05, 4.69) is 6.58 Å². The highest BCUT2D eigenvalue weighted by Crippen LogP contribution is 2.35. The van der Waals surface area contributed by atoms with E-state index >= 15 is 0 Å². The Bertz CT molecular complexity index is 637. The van der Waals surface area contributed by atoms with Crippen molar-refractivity contribution in [2.75, 3.05) is 6.61 Å². The highest BCUT2D eigenvalue weighted by atomic mass is 16.5. The molecule has 0 aliphatic carbocycles. The number of esters is 1. The summed E-state index contributed by atoms with van der Waals surface area (Å²) in [6.07, 6.45) is 2.27. The molecule has 4 nitrogen and oxygen atoms in total. The topological polar surface area (TPSA) is 59.7 Å². The molecule has 0 radical (unpaired) electrons. The highest BCUT2D eigenvalue weighted by molar-refractivity contribution is 5.98. The second-order valence-corrected chi connectivity index (χ2v) is 4.22. The summed E-state index contributed by atoms with van der Waals surface area (Å²) in [6.45, 7) is 7.39. The molecule has 4 heteroatoms. The fraction of sp³-hybridized carbons (Fsp3) is 0.267. The van der Waals surface area contributed by atoms with E-state index in [-0.39, 0.29) is 18.1 Å². The number of aromatic hydroxyl groups is 1. The molecular formula is C15H16O4. The molecule has 0 amide bonds. The van der Waals surface area contributed by atoms with Crippen molar-refractivity contribution in [1.82, 2.24) is 0 Å². The maximum absolute atomic E-state index is 11.7. The van der Waals surface area contributed by atoms with Crippen molar-refractivity contribution >= 4 is 16.9 Å². The van der Waals surface area contributed by atoms with Gasteiger partial charge in [-0.15, -0.1) is 6.58 Å². The van der Waals surface area contributed by atoms with Crippen LogP contribution < -0.4 is 0 Å². The van der Waals surface area contributed by atoms with Crippen molar-refractivity contribution in [3.8, 4) is 5.75 Å². The number of ether oxygens (including phenoxy) is 1. The Labute approximate surface area is 111 Å². The molecule has 0 saturated carbocycles. The van der Waals surface area contributed by atoms with Crippen molar-refractivity contribution < 1.29 is 19.1 Å². The molecule has 100 valence electrons. The average Bonchev–Trinajstić information content (AvgIpc) is 2.71. The summed E-state index contributed by atoms with van der Waals surface area (Å²) < 4.78 is 10.4. The van der Waals surface area contributed by atoms with Gasteiger partial charge in [-0.25, -0.2) is 4.79 Å². The van der Waals surface area contributed by atoms with E-state index in [0.29, 0.717) is 23.0 Å². The molecule has 0 aliphatic rings. The standard InChI is InChI=1S/C15H16O4/c1-4-6-10-7-8-11-12(13(10)16)9(3)14(19-11)15(17)18-5-2/h4,7-8,16H,1,5-6H2,2-3H3. The van der Waals surface area contributed by atoms with E-state index in [1.165, 1.54) is 0 Å². The number of carbonyl (C=O) groups excluding carboxylic acids is 1. The fourth-order valence-electron chi connectivity index (χ4n) is 2.07. The third-order valence-electron chi connectivity index (χ3n) is 2.98. The molecule has 0 aliphatic heterocycles. The predicted octanol–water partition coefficient (Wildman–Crippen LogP) is 3.35. The zero-order valence-electron chi connectivity index (χ0n) is 11.0. The van der Waals surface area contributed by atoms with Gasteiger partial charge < -0.3 is 14.3 Å². The van der Waals surface area contributed by atoms with Gasteiger partial charge >= 0.3 is 5.97 Å². The molecule has 1 aromatic carbocycles. The number of phenolic OH excluding ortho intramolecular Hbond substituents is 1. The molecule has 1 aromatic heterocycles. The fourth-order valence-corrected chi connectivity index (χ4v) is 2.07. The third kappa shape index (κ3) is 2.21. The maximum Gasteiger partial charge on any atom is 0.374 e. The van der Waals surface area contributed by atoms with Crippen LogP contribution in [0.1, 0.15) is 28.6 Å². The van der Waals surface area contributed by atoms with E-state index in [1.807, 2.05) is 0 Å². The summed E-state index contributed by atoms with van der Waals surface area (Å²) in [5.41, 5.74) is 1.82. The molecule has 1 N–H and O–H groups in total. The van der Waals surface area contributed by atoms with Gasteiger partial charge in [0, 0.05) is 5.56 Å². The van der Waals surface area contributed by atoms with Crippen LogP contribution in [0.4, 0.5) is 0 Å². The first-order valence-corrected chi connectivity index (χ1v) is 6.12. The molecule has 2 rings (SSSR count). The molecule has 0 bridgehead atoms. The number of allylic oxidation sites excluding steroid dienone is 1. The first kappa shape index (κ1) is 13.2. The minimum atomic E-state index is -0.513. The van der Waals surface area contributed by atoms with E-state index < -0.39 is 5.97 Å². The molecule has 0 saturated heterocycles. The molecule has 1 heterocycles.